The molecule has 2 aliphatic rings. The van der Waals surface area contributed by atoms with E-state index in [1.165, 1.54) is 25.0 Å². The van der Waals surface area contributed by atoms with Gasteiger partial charge in [0, 0.05) is 36.7 Å². The highest BCUT2D eigenvalue weighted by molar-refractivity contribution is 8.00. The average Bonchev–Trinajstić information content (AvgIpc) is 3.13. The Bertz CT molecular complexity index is 391. The van der Waals surface area contributed by atoms with E-state index >= 15 is 0 Å². The second kappa shape index (κ2) is 5.53. The molecule has 18 heavy (non-hydrogen) atoms. The lowest BCUT2D eigenvalue weighted by Crippen LogP contribution is -2.37. The fraction of sp³-hybridized carbons (Fsp3) is 0.769. The monoisotopic (exact) mass is 267 g/mol. The van der Waals surface area contributed by atoms with E-state index in [-0.39, 0.29) is 0 Å². The number of hydrogen-bond acceptors (Lipinski definition) is 5. The predicted octanol–water partition coefficient (Wildman–Crippen LogP) is 2.26. The van der Waals surface area contributed by atoms with Crippen LogP contribution < -0.4 is 10.2 Å². The molecule has 2 fully saturated rings. The number of oxazole rings is 1. The molecule has 1 aliphatic carbocycles. The quantitative estimate of drug-likeness (QED) is 0.886. The molecule has 1 aromatic rings. The van der Waals surface area contributed by atoms with Crippen LogP contribution in [0.2, 0.25) is 0 Å². The van der Waals surface area contributed by atoms with Crippen molar-refractivity contribution >= 4 is 17.8 Å². The van der Waals surface area contributed by atoms with Gasteiger partial charge in [-0.3, -0.25) is 0 Å². The Morgan fingerprint density at radius 3 is 3.22 bits per heavy atom. The maximum absolute atomic E-state index is 5.62. The molecule has 4 nitrogen and oxygen atoms in total. The maximum Gasteiger partial charge on any atom is 0.297 e. The molecular weight excluding hydrogens is 246 g/mol. The molecule has 3 rings (SSSR count). The molecule has 0 amide bonds. The third-order valence-corrected chi connectivity index (χ3v) is 4.93. The highest BCUT2D eigenvalue weighted by Crippen LogP contribution is 2.25. The first-order chi connectivity index (χ1) is 8.85. The van der Waals surface area contributed by atoms with Crippen molar-refractivity contribution in [2.45, 2.75) is 44.0 Å². The van der Waals surface area contributed by atoms with Gasteiger partial charge in [-0.05, 0) is 19.3 Å². The van der Waals surface area contributed by atoms with E-state index in [0.717, 1.165) is 42.6 Å². The van der Waals surface area contributed by atoms with E-state index in [0.29, 0.717) is 0 Å². The van der Waals surface area contributed by atoms with E-state index in [9.17, 15) is 0 Å². The molecule has 1 unspecified atom stereocenters. The van der Waals surface area contributed by atoms with Crippen LogP contribution in [0.5, 0.6) is 0 Å². The first-order valence-corrected chi connectivity index (χ1v) is 7.94. The number of nitrogens with zero attached hydrogens (tertiary/aromatic N) is 2. The summed E-state index contributed by atoms with van der Waals surface area (Å²) in [6.45, 7) is 5.21. The maximum atomic E-state index is 5.62. The summed E-state index contributed by atoms with van der Waals surface area (Å²) in [4.78, 5) is 6.87. The summed E-state index contributed by atoms with van der Waals surface area (Å²) >= 11 is 2.07. The zero-order chi connectivity index (χ0) is 12.4. The van der Waals surface area contributed by atoms with Crippen molar-refractivity contribution in [3.05, 3.63) is 12.0 Å². The average molecular weight is 267 g/mol. The summed E-state index contributed by atoms with van der Waals surface area (Å²) in [6, 6.07) is 1.53. The molecule has 0 spiro atoms. The van der Waals surface area contributed by atoms with E-state index < -0.39 is 0 Å². The fourth-order valence-corrected chi connectivity index (χ4v) is 3.38. The smallest absolute Gasteiger partial charge is 0.297 e. The lowest BCUT2D eigenvalue weighted by molar-refractivity contribution is 0.529. The topological polar surface area (TPSA) is 41.3 Å². The Morgan fingerprint density at radius 2 is 2.44 bits per heavy atom. The summed E-state index contributed by atoms with van der Waals surface area (Å²) < 4.78 is 5.62. The molecule has 0 bridgehead atoms. The minimum atomic E-state index is 0.721. The van der Waals surface area contributed by atoms with Crippen molar-refractivity contribution in [2.24, 2.45) is 0 Å². The first-order valence-electron chi connectivity index (χ1n) is 6.89. The lowest BCUT2D eigenvalue weighted by Gasteiger charge is -2.30. The molecule has 0 radical (unpaired) electrons. The van der Waals surface area contributed by atoms with Gasteiger partial charge in [-0.25, -0.2) is 0 Å². The van der Waals surface area contributed by atoms with Crippen LogP contribution in [0.4, 0.5) is 6.01 Å². The Morgan fingerprint density at radius 1 is 1.56 bits per heavy atom. The molecule has 1 atom stereocenters. The zero-order valence-electron chi connectivity index (χ0n) is 10.9. The second-order valence-electron chi connectivity index (χ2n) is 5.12. The summed E-state index contributed by atoms with van der Waals surface area (Å²) in [5, 5.41) is 4.18. The number of hydrogen-bond donors (Lipinski definition) is 1. The fourth-order valence-electron chi connectivity index (χ4n) is 2.20. The van der Waals surface area contributed by atoms with Crippen molar-refractivity contribution in [1.29, 1.82) is 0 Å². The lowest BCUT2D eigenvalue weighted by atomic mass is 10.3. The largest absolute Gasteiger partial charge is 0.432 e. The van der Waals surface area contributed by atoms with Crippen LogP contribution in [0.25, 0.3) is 0 Å². The van der Waals surface area contributed by atoms with Gasteiger partial charge in [0.2, 0.25) is 0 Å². The molecule has 1 saturated heterocycles. The molecule has 0 aromatic carbocycles. The van der Waals surface area contributed by atoms with E-state index in [2.05, 4.69) is 33.9 Å². The van der Waals surface area contributed by atoms with Crippen LogP contribution in [0, 0.1) is 0 Å². The van der Waals surface area contributed by atoms with E-state index in [1.54, 1.807) is 6.26 Å². The van der Waals surface area contributed by atoms with Gasteiger partial charge in [-0.15, -0.1) is 0 Å². The number of aromatic nitrogens is 1. The summed E-state index contributed by atoms with van der Waals surface area (Å²) in [5.41, 5.74) is 1.03. The third-order valence-electron chi connectivity index (χ3n) is 3.55. The van der Waals surface area contributed by atoms with E-state index in [1.807, 2.05) is 0 Å². The standard InChI is InChI=1S/C13H21N3OS/c1-2-12-8-16(5-6-18-12)13-15-11(9-17-13)7-14-10-3-4-10/h9-10,12,14H,2-8H2,1H3. The van der Waals surface area contributed by atoms with Crippen LogP contribution >= 0.6 is 11.8 Å². The number of anilines is 1. The van der Waals surface area contributed by atoms with Crippen LogP contribution in [0.15, 0.2) is 10.7 Å². The van der Waals surface area contributed by atoms with Gasteiger partial charge in [0.1, 0.15) is 6.26 Å². The Kier molecular flexibility index (Phi) is 3.80. The molecule has 1 N–H and O–H groups in total. The van der Waals surface area contributed by atoms with Crippen molar-refractivity contribution in [3.8, 4) is 0 Å². The predicted molar refractivity (Wildman–Crippen MR) is 75.1 cm³/mol. The van der Waals surface area contributed by atoms with Crippen LogP contribution in [0.3, 0.4) is 0 Å². The highest BCUT2D eigenvalue weighted by atomic mass is 32.2. The van der Waals surface area contributed by atoms with Crippen molar-refractivity contribution in [1.82, 2.24) is 10.3 Å². The van der Waals surface area contributed by atoms with E-state index in [4.69, 9.17) is 4.42 Å². The van der Waals surface area contributed by atoms with Gasteiger partial charge >= 0.3 is 0 Å². The molecular formula is C13H21N3OS. The van der Waals surface area contributed by atoms with Crippen LogP contribution in [-0.4, -0.2) is 35.1 Å². The van der Waals surface area contributed by atoms with Gasteiger partial charge in [0.15, 0.2) is 0 Å². The van der Waals surface area contributed by atoms with Crippen LogP contribution in [0.1, 0.15) is 31.9 Å². The van der Waals surface area contributed by atoms with Gasteiger partial charge in [-0.2, -0.15) is 16.7 Å². The Labute approximate surface area is 113 Å². The first kappa shape index (κ1) is 12.4. The molecule has 1 aliphatic heterocycles. The Hall–Kier alpha value is -0.680. The Balaban J connectivity index is 1.57. The minimum absolute atomic E-state index is 0.721. The van der Waals surface area contributed by atoms with Crippen molar-refractivity contribution < 1.29 is 4.42 Å². The van der Waals surface area contributed by atoms with Gasteiger partial charge in [0.25, 0.3) is 6.01 Å². The molecule has 5 heteroatoms. The van der Waals surface area contributed by atoms with Crippen molar-refractivity contribution in [2.75, 3.05) is 23.7 Å². The SMILES string of the molecule is CCC1CN(c2nc(CNC3CC3)co2)CCS1. The third kappa shape index (κ3) is 3.01. The molecule has 100 valence electrons. The number of thioether (sulfide) groups is 1. The number of nitrogens with one attached hydrogen (secondary N) is 1. The normalized spacial score (nSPS) is 24.5. The highest BCUT2D eigenvalue weighted by Gasteiger charge is 2.23. The summed E-state index contributed by atoms with van der Waals surface area (Å²) in [5.74, 6) is 1.18. The molecule has 1 aromatic heterocycles. The summed E-state index contributed by atoms with van der Waals surface area (Å²) in [7, 11) is 0. The van der Waals surface area contributed by atoms with Crippen molar-refractivity contribution in [3.63, 3.8) is 0 Å². The minimum Gasteiger partial charge on any atom is -0.432 e. The second-order valence-corrected chi connectivity index (χ2v) is 6.53. The van der Waals surface area contributed by atoms with Gasteiger partial charge in [-0.1, -0.05) is 6.92 Å². The zero-order valence-corrected chi connectivity index (χ0v) is 11.7. The summed E-state index contributed by atoms with van der Waals surface area (Å²) in [6.07, 6.45) is 5.64. The van der Waals surface area contributed by atoms with Gasteiger partial charge in [0.05, 0.1) is 5.69 Å². The molecule has 1 saturated carbocycles. The van der Waals surface area contributed by atoms with Gasteiger partial charge < -0.3 is 14.6 Å². The number of rotatable bonds is 5. The van der Waals surface area contributed by atoms with Crippen LogP contribution in [-0.2, 0) is 6.54 Å². The molecule has 2 heterocycles.